The highest BCUT2D eigenvalue weighted by Crippen LogP contribution is 2.39. The molecule has 98 valence electrons. The minimum atomic E-state index is -0.476. The molecule has 7 heteroatoms. The van der Waals surface area contributed by atoms with Crippen LogP contribution in [0.4, 0.5) is 16.2 Å². The first-order valence-corrected chi connectivity index (χ1v) is 6.15. The van der Waals surface area contributed by atoms with Gasteiger partial charge < -0.3 is 10.1 Å². The van der Waals surface area contributed by atoms with Crippen molar-refractivity contribution in [3.63, 3.8) is 0 Å². The first-order chi connectivity index (χ1) is 8.78. The van der Waals surface area contributed by atoms with E-state index in [2.05, 4.69) is 20.7 Å². The summed E-state index contributed by atoms with van der Waals surface area (Å²) in [6, 6.07) is 0.118. The number of anilines is 2. The Morgan fingerprint density at radius 2 is 2.22 bits per heavy atom. The first kappa shape index (κ1) is 11.6. The van der Waals surface area contributed by atoms with Crippen LogP contribution in [0.15, 0.2) is 6.20 Å². The Kier molecular flexibility index (Phi) is 3.00. The number of nitrogens with two attached hydrogens (primary N) is 1. The van der Waals surface area contributed by atoms with Crippen molar-refractivity contribution >= 4 is 11.8 Å². The van der Waals surface area contributed by atoms with Gasteiger partial charge in [0.25, 0.3) is 0 Å². The quantitative estimate of drug-likeness (QED) is 0.545. The van der Waals surface area contributed by atoms with E-state index in [0.29, 0.717) is 12.5 Å². The van der Waals surface area contributed by atoms with E-state index >= 15 is 0 Å². The van der Waals surface area contributed by atoms with Gasteiger partial charge in [0, 0.05) is 6.61 Å². The number of nitrogen functional groups attached to an aromatic ring is 1. The van der Waals surface area contributed by atoms with Gasteiger partial charge in [-0.15, -0.1) is 0 Å². The van der Waals surface area contributed by atoms with Gasteiger partial charge in [-0.25, -0.2) is 15.2 Å². The van der Waals surface area contributed by atoms with E-state index in [-0.39, 0.29) is 23.9 Å². The molecule has 4 N–H and O–H groups in total. The molecule has 2 heterocycles. The Morgan fingerprint density at radius 3 is 2.94 bits per heavy atom. The highest BCUT2D eigenvalue weighted by atomic mass is 19.1. The Bertz CT molecular complexity index is 439. The van der Waals surface area contributed by atoms with E-state index in [1.807, 2.05) is 0 Å². The molecule has 0 radical (unpaired) electrons. The van der Waals surface area contributed by atoms with E-state index in [1.54, 1.807) is 0 Å². The number of hydrogen-bond acceptors (Lipinski definition) is 6. The minimum absolute atomic E-state index is 0.118. The van der Waals surface area contributed by atoms with Crippen molar-refractivity contribution in [2.24, 2.45) is 11.8 Å². The predicted molar refractivity (Wildman–Crippen MR) is 64.3 cm³/mol. The summed E-state index contributed by atoms with van der Waals surface area (Å²) in [5.74, 6) is 5.72. The lowest BCUT2D eigenvalue weighted by Crippen LogP contribution is -2.32. The third-order valence-electron chi connectivity index (χ3n) is 3.42. The molecule has 3 rings (SSSR count). The number of nitrogens with zero attached hydrogens (tertiary/aromatic N) is 2. The molecule has 6 nitrogen and oxygen atoms in total. The molecule has 2 atom stereocenters. The highest BCUT2D eigenvalue weighted by Gasteiger charge is 2.40. The van der Waals surface area contributed by atoms with Crippen molar-refractivity contribution in [3.8, 4) is 0 Å². The summed E-state index contributed by atoms with van der Waals surface area (Å²) < 4.78 is 19.3. The van der Waals surface area contributed by atoms with Crippen molar-refractivity contribution in [1.29, 1.82) is 0 Å². The lowest BCUT2D eigenvalue weighted by molar-refractivity contribution is 0.0897. The first-order valence-electron chi connectivity index (χ1n) is 6.15. The van der Waals surface area contributed by atoms with Crippen LogP contribution < -0.4 is 16.6 Å². The zero-order valence-corrected chi connectivity index (χ0v) is 9.90. The monoisotopic (exact) mass is 253 g/mol. The average molecular weight is 253 g/mol. The standard InChI is InChI=1S/C11H16FN5O/c12-7-5-14-11(17-13)16-10(7)15-8-3-4-18-9(8)6-1-2-6/h5-6,8-9H,1-4,13H2,(H2,14,15,16,17). The Balaban J connectivity index is 1.74. The third kappa shape index (κ3) is 2.23. The SMILES string of the molecule is NNc1ncc(F)c(NC2CCOC2C2CC2)n1. The minimum Gasteiger partial charge on any atom is -0.376 e. The fourth-order valence-corrected chi connectivity index (χ4v) is 2.37. The molecule has 2 unspecified atom stereocenters. The molecule has 0 aromatic carbocycles. The van der Waals surface area contributed by atoms with Crippen LogP contribution in [0.3, 0.4) is 0 Å². The molecule has 0 amide bonds. The number of halogens is 1. The van der Waals surface area contributed by atoms with Gasteiger partial charge in [0.05, 0.1) is 18.3 Å². The van der Waals surface area contributed by atoms with Gasteiger partial charge in [0.2, 0.25) is 5.95 Å². The Hall–Kier alpha value is -1.47. The lowest BCUT2D eigenvalue weighted by Gasteiger charge is -2.20. The number of hydrogen-bond donors (Lipinski definition) is 3. The van der Waals surface area contributed by atoms with Crippen molar-refractivity contribution < 1.29 is 9.13 Å². The van der Waals surface area contributed by atoms with Crippen LogP contribution in [0.25, 0.3) is 0 Å². The van der Waals surface area contributed by atoms with Crippen molar-refractivity contribution in [2.45, 2.75) is 31.4 Å². The molecular formula is C11H16FN5O. The van der Waals surface area contributed by atoms with E-state index in [1.165, 1.54) is 12.8 Å². The van der Waals surface area contributed by atoms with Crippen LogP contribution in [-0.2, 0) is 4.74 Å². The molecule has 2 fully saturated rings. The second-order valence-corrected chi connectivity index (χ2v) is 4.75. The summed E-state index contributed by atoms with van der Waals surface area (Å²) in [6.45, 7) is 0.716. The van der Waals surface area contributed by atoms with Gasteiger partial charge in [-0.1, -0.05) is 0 Å². The molecule has 2 aliphatic rings. The van der Waals surface area contributed by atoms with Gasteiger partial charge >= 0.3 is 0 Å². The van der Waals surface area contributed by atoms with Gasteiger partial charge in [-0.05, 0) is 25.2 Å². The van der Waals surface area contributed by atoms with E-state index in [4.69, 9.17) is 10.6 Å². The fourth-order valence-electron chi connectivity index (χ4n) is 2.37. The summed E-state index contributed by atoms with van der Waals surface area (Å²) in [6.07, 6.45) is 4.55. The molecular weight excluding hydrogens is 237 g/mol. The average Bonchev–Trinajstić information content (AvgIpc) is 3.13. The van der Waals surface area contributed by atoms with Crippen LogP contribution in [0.5, 0.6) is 0 Å². The smallest absolute Gasteiger partial charge is 0.239 e. The normalized spacial score (nSPS) is 27.2. The summed E-state index contributed by atoms with van der Waals surface area (Å²) in [7, 11) is 0. The van der Waals surface area contributed by atoms with Crippen molar-refractivity contribution in [1.82, 2.24) is 9.97 Å². The summed E-state index contributed by atoms with van der Waals surface area (Å²) in [4.78, 5) is 7.68. The summed E-state index contributed by atoms with van der Waals surface area (Å²) in [5.41, 5.74) is 2.31. The Morgan fingerprint density at radius 1 is 1.39 bits per heavy atom. The fraction of sp³-hybridized carbons (Fsp3) is 0.636. The predicted octanol–water partition coefficient (Wildman–Crippen LogP) is 0.881. The topological polar surface area (TPSA) is 85.1 Å². The lowest BCUT2D eigenvalue weighted by atomic mass is 10.1. The maximum atomic E-state index is 13.6. The number of rotatable bonds is 4. The second kappa shape index (κ2) is 4.66. The molecule has 1 aliphatic carbocycles. The van der Waals surface area contributed by atoms with E-state index in [0.717, 1.165) is 12.6 Å². The maximum absolute atomic E-state index is 13.6. The van der Waals surface area contributed by atoms with Crippen LogP contribution in [0, 0.1) is 11.7 Å². The van der Waals surface area contributed by atoms with E-state index < -0.39 is 5.82 Å². The Labute approximate surface area is 104 Å². The molecule has 1 aromatic heterocycles. The van der Waals surface area contributed by atoms with Crippen LogP contribution >= 0.6 is 0 Å². The summed E-state index contributed by atoms with van der Waals surface area (Å²) in [5, 5.41) is 3.11. The largest absolute Gasteiger partial charge is 0.376 e. The third-order valence-corrected chi connectivity index (χ3v) is 3.42. The number of ether oxygens (including phenoxy) is 1. The van der Waals surface area contributed by atoms with Crippen LogP contribution in [-0.4, -0.2) is 28.7 Å². The second-order valence-electron chi connectivity index (χ2n) is 4.75. The van der Waals surface area contributed by atoms with Gasteiger partial charge in [0.1, 0.15) is 0 Å². The van der Waals surface area contributed by atoms with E-state index in [9.17, 15) is 4.39 Å². The van der Waals surface area contributed by atoms with Crippen molar-refractivity contribution in [2.75, 3.05) is 17.3 Å². The van der Waals surface area contributed by atoms with Gasteiger partial charge in [-0.3, -0.25) is 5.43 Å². The maximum Gasteiger partial charge on any atom is 0.239 e. The number of nitrogens with one attached hydrogen (secondary N) is 2. The molecule has 18 heavy (non-hydrogen) atoms. The highest BCUT2D eigenvalue weighted by molar-refractivity contribution is 5.42. The van der Waals surface area contributed by atoms with Crippen LogP contribution in [0.2, 0.25) is 0 Å². The summed E-state index contributed by atoms with van der Waals surface area (Å²) >= 11 is 0. The number of aromatic nitrogens is 2. The molecule has 1 aliphatic heterocycles. The number of hydrazine groups is 1. The molecule has 1 saturated carbocycles. The van der Waals surface area contributed by atoms with Gasteiger partial charge in [0.15, 0.2) is 11.6 Å². The molecule has 1 aromatic rings. The van der Waals surface area contributed by atoms with Crippen LogP contribution in [0.1, 0.15) is 19.3 Å². The van der Waals surface area contributed by atoms with Crippen molar-refractivity contribution in [3.05, 3.63) is 12.0 Å². The zero-order chi connectivity index (χ0) is 12.5. The van der Waals surface area contributed by atoms with Gasteiger partial charge in [-0.2, -0.15) is 4.98 Å². The molecule has 0 spiro atoms. The molecule has 0 bridgehead atoms. The zero-order valence-electron chi connectivity index (χ0n) is 9.90. The molecule has 1 saturated heterocycles.